The lowest BCUT2D eigenvalue weighted by Gasteiger charge is -2.33. The van der Waals surface area contributed by atoms with Gasteiger partial charge in [0.1, 0.15) is 0 Å². The largest absolute Gasteiger partial charge is 0.391 e. The highest BCUT2D eigenvalue weighted by Gasteiger charge is 2.42. The number of carbonyl (C=O) groups is 2. The quantitative estimate of drug-likeness (QED) is 0.649. The van der Waals surface area contributed by atoms with E-state index in [1.807, 2.05) is 0 Å². The Hall–Kier alpha value is -0.900. The van der Waals surface area contributed by atoms with Crippen LogP contribution in [-0.4, -0.2) is 34.0 Å². The average molecular weight is 211 g/mol. The molecule has 84 valence electrons. The predicted octanol–water partition coefficient (Wildman–Crippen LogP) is 0.685. The van der Waals surface area contributed by atoms with Gasteiger partial charge in [0.15, 0.2) is 0 Å². The first kappa shape index (κ1) is 10.6. The maximum Gasteiger partial charge on any atom is 0.232 e. The first-order valence-electron chi connectivity index (χ1n) is 5.65. The molecule has 0 spiro atoms. The van der Waals surface area contributed by atoms with Gasteiger partial charge in [-0.15, -0.1) is 0 Å². The molecule has 3 atom stereocenters. The van der Waals surface area contributed by atoms with Crippen LogP contribution in [0.15, 0.2) is 0 Å². The normalized spacial score (nSPS) is 37.5. The van der Waals surface area contributed by atoms with Crippen LogP contribution in [0.4, 0.5) is 0 Å². The van der Waals surface area contributed by atoms with Crippen LogP contribution in [0.1, 0.15) is 39.0 Å². The van der Waals surface area contributed by atoms with Gasteiger partial charge in [-0.25, -0.2) is 0 Å². The molecule has 3 unspecified atom stereocenters. The molecule has 4 nitrogen and oxygen atoms in total. The van der Waals surface area contributed by atoms with E-state index in [2.05, 4.69) is 0 Å². The second-order valence-electron chi connectivity index (χ2n) is 4.63. The molecular formula is C11H17NO3. The van der Waals surface area contributed by atoms with Gasteiger partial charge in [-0.05, 0) is 12.8 Å². The zero-order chi connectivity index (χ0) is 11.0. The summed E-state index contributed by atoms with van der Waals surface area (Å²) in [7, 11) is 0. The summed E-state index contributed by atoms with van der Waals surface area (Å²) in [5, 5.41) is 9.81. The van der Waals surface area contributed by atoms with Gasteiger partial charge in [0.25, 0.3) is 0 Å². The Kier molecular flexibility index (Phi) is 2.78. The highest BCUT2D eigenvalue weighted by Crippen LogP contribution is 2.29. The van der Waals surface area contributed by atoms with E-state index >= 15 is 0 Å². The Morgan fingerprint density at radius 1 is 1.27 bits per heavy atom. The molecular weight excluding hydrogens is 194 g/mol. The summed E-state index contributed by atoms with van der Waals surface area (Å²) in [6.45, 7) is 1.77. The highest BCUT2D eigenvalue weighted by molar-refractivity contribution is 6.03. The molecule has 2 rings (SSSR count). The fourth-order valence-electron chi connectivity index (χ4n) is 2.55. The van der Waals surface area contributed by atoms with E-state index in [4.69, 9.17) is 0 Å². The summed E-state index contributed by atoms with van der Waals surface area (Å²) in [5.41, 5.74) is 0. The summed E-state index contributed by atoms with van der Waals surface area (Å²) in [5.74, 6) is -0.420. The van der Waals surface area contributed by atoms with Gasteiger partial charge >= 0.3 is 0 Å². The average Bonchev–Trinajstić information content (AvgIpc) is 2.43. The Morgan fingerprint density at radius 2 is 1.93 bits per heavy atom. The molecule has 1 aliphatic carbocycles. The van der Waals surface area contributed by atoms with E-state index in [9.17, 15) is 14.7 Å². The van der Waals surface area contributed by atoms with Gasteiger partial charge < -0.3 is 5.11 Å². The molecule has 2 amide bonds. The Morgan fingerprint density at radius 3 is 2.47 bits per heavy atom. The molecule has 1 heterocycles. The minimum absolute atomic E-state index is 0.106. The molecule has 0 aromatic carbocycles. The van der Waals surface area contributed by atoms with E-state index in [1.54, 1.807) is 6.92 Å². The third-order valence-corrected chi connectivity index (χ3v) is 3.43. The van der Waals surface area contributed by atoms with Gasteiger partial charge in [0.05, 0.1) is 12.1 Å². The van der Waals surface area contributed by atoms with Crippen LogP contribution in [-0.2, 0) is 9.59 Å². The number of amides is 2. The van der Waals surface area contributed by atoms with E-state index < -0.39 is 6.10 Å². The zero-order valence-corrected chi connectivity index (χ0v) is 8.98. The second kappa shape index (κ2) is 3.93. The van der Waals surface area contributed by atoms with Crippen LogP contribution in [0.25, 0.3) is 0 Å². The fraction of sp³-hybridized carbons (Fsp3) is 0.818. The molecule has 1 N–H and O–H groups in total. The summed E-state index contributed by atoms with van der Waals surface area (Å²) in [6, 6.07) is -0.260. The van der Waals surface area contributed by atoms with Crippen LogP contribution in [0.3, 0.4) is 0 Å². The van der Waals surface area contributed by atoms with E-state index in [1.165, 1.54) is 4.90 Å². The number of aliphatic hydroxyl groups is 1. The monoisotopic (exact) mass is 211 g/mol. The summed E-state index contributed by atoms with van der Waals surface area (Å²) < 4.78 is 0. The number of hydrogen-bond donors (Lipinski definition) is 1. The van der Waals surface area contributed by atoms with Crippen molar-refractivity contribution in [1.82, 2.24) is 4.90 Å². The number of imide groups is 1. The van der Waals surface area contributed by atoms with Crippen LogP contribution in [0.5, 0.6) is 0 Å². The van der Waals surface area contributed by atoms with Gasteiger partial charge in [-0.1, -0.05) is 19.8 Å². The number of aliphatic hydroxyl groups excluding tert-OH is 1. The second-order valence-corrected chi connectivity index (χ2v) is 4.63. The van der Waals surface area contributed by atoms with Crippen molar-refractivity contribution >= 4 is 11.8 Å². The lowest BCUT2D eigenvalue weighted by molar-refractivity contribution is -0.146. The fourth-order valence-corrected chi connectivity index (χ4v) is 2.55. The molecule has 0 aromatic heterocycles. The molecule has 15 heavy (non-hydrogen) atoms. The predicted molar refractivity (Wildman–Crippen MR) is 53.9 cm³/mol. The standard InChI is InChI=1S/C11H17NO3/c1-7-6-10(14)12(11(7)15)8-4-2-3-5-9(8)13/h7-9,13H,2-6H2,1H3. The molecule has 2 fully saturated rings. The van der Waals surface area contributed by atoms with Crippen molar-refractivity contribution in [2.75, 3.05) is 0 Å². The third-order valence-electron chi connectivity index (χ3n) is 3.43. The van der Waals surface area contributed by atoms with Crippen LogP contribution in [0, 0.1) is 5.92 Å². The molecule has 1 saturated carbocycles. The smallest absolute Gasteiger partial charge is 0.232 e. The lowest BCUT2D eigenvalue weighted by atomic mass is 9.91. The molecule has 0 bridgehead atoms. The van der Waals surface area contributed by atoms with Crippen molar-refractivity contribution in [3.63, 3.8) is 0 Å². The summed E-state index contributed by atoms with van der Waals surface area (Å²) in [4.78, 5) is 24.7. The maximum absolute atomic E-state index is 11.8. The lowest BCUT2D eigenvalue weighted by Crippen LogP contribution is -2.48. The zero-order valence-electron chi connectivity index (χ0n) is 8.98. The van der Waals surface area contributed by atoms with Crippen molar-refractivity contribution in [2.45, 2.75) is 51.2 Å². The summed E-state index contributed by atoms with van der Waals surface area (Å²) in [6.07, 6.45) is 3.23. The minimum Gasteiger partial charge on any atom is -0.391 e. The number of carbonyl (C=O) groups excluding carboxylic acids is 2. The van der Waals surface area contributed by atoms with Gasteiger partial charge in [-0.3, -0.25) is 14.5 Å². The first-order valence-corrected chi connectivity index (χ1v) is 5.65. The number of likely N-dealkylation sites (tertiary alicyclic amines) is 1. The Bertz CT molecular complexity index is 290. The molecule has 0 radical (unpaired) electrons. The van der Waals surface area contributed by atoms with E-state index in [0.29, 0.717) is 12.8 Å². The van der Waals surface area contributed by atoms with Crippen LogP contribution in [0.2, 0.25) is 0 Å². The van der Waals surface area contributed by atoms with Crippen molar-refractivity contribution in [2.24, 2.45) is 5.92 Å². The van der Waals surface area contributed by atoms with Gasteiger partial charge in [0, 0.05) is 12.3 Å². The number of hydrogen-bond acceptors (Lipinski definition) is 3. The van der Waals surface area contributed by atoms with Crippen molar-refractivity contribution in [1.29, 1.82) is 0 Å². The van der Waals surface area contributed by atoms with Crippen LogP contribution < -0.4 is 0 Å². The van der Waals surface area contributed by atoms with Gasteiger partial charge in [-0.2, -0.15) is 0 Å². The minimum atomic E-state index is -0.517. The van der Waals surface area contributed by atoms with Crippen molar-refractivity contribution in [3.05, 3.63) is 0 Å². The molecule has 0 aromatic rings. The van der Waals surface area contributed by atoms with E-state index in [-0.39, 0.29) is 23.8 Å². The molecule has 4 heteroatoms. The number of nitrogens with zero attached hydrogens (tertiary/aromatic N) is 1. The Balaban J connectivity index is 2.15. The Labute approximate surface area is 89.3 Å². The molecule has 1 aliphatic heterocycles. The molecule has 2 aliphatic rings. The summed E-state index contributed by atoms with van der Waals surface area (Å²) >= 11 is 0. The van der Waals surface area contributed by atoms with Crippen molar-refractivity contribution in [3.8, 4) is 0 Å². The highest BCUT2D eigenvalue weighted by atomic mass is 16.3. The third kappa shape index (κ3) is 1.78. The molecule has 1 saturated heterocycles. The number of rotatable bonds is 1. The first-order chi connectivity index (χ1) is 7.11. The van der Waals surface area contributed by atoms with Gasteiger partial charge in [0.2, 0.25) is 11.8 Å². The SMILES string of the molecule is CC1CC(=O)N(C2CCCCC2O)C1=O. The van der Waals surface area contributed by atoms with E-state index in [0.717, 1.165) is 19.3 Å². The van der Waals surface area contributed by atoms with Crippen LogP contribution >= 0.6 is 0 Å². The maximum atomic E-state index is 11.8. The van der Waals surface area contributed by atoms with Crippen molar-refractivity contribution < 1.29 is 14.7 Å². The topological polar surface area (TPSA) is 57.6 Å².